The van der Waals surface area contributed by atoms with E-state index in [4.69, 9.17) is 25.8 Å². The molecule has 0 aromatic carbocycles. The number of methoxy groups -OCH3 is 1. The molecule has 1 aromatic rings. The molecular weight excluding hydrogens is 306 g/mol. The fraction of sp³-hybridized carbons (Fsp3) is 0.667. The highest BCUT2D eigenvalue weighted by Gasteiger charge is 2.46. The maximum Gasteiger partial charge on any atom is 0.211 e. The molecule has 2 aliphatic heterocycles. The maximum atomic E-state index is 6.14. The second-order valence-electron chi connectivity index (χ2n) is 4.50. The molecule has 19 heavy (non-hydrogen) atoms. The second-order valence-corrected chi connectivity index (χ2v) is 7.55. The van der Waals surface area contributed by atoms with Crippen LogP contribution in [0, 0.1) is 0 Å². The molecular formula is C12H16ClNO3S2. The average molecular weight is 322 g/mol. The maximum absolute atomic E-state index is 6.14. The van der Waals surface area contributed by atoms with Gasteiger partial charge in [0.15, 0.2) is 0 Å². The molecule has 3 rings (SSSR count). The third kappa shape index (κ3) is 2.81. The number of hydrogen-bond acceptors (Lipinski definition) is 6. The summed E-state index contributed by atoms with van der Waals surface area (Å²) in [6.07, 6.45) is 0.994. The number of rotatable bonds is 4. The van der Waals surface area contributed by atoms with Crippen molar-refractivity contribution < 1.29 is 14.2 Å². The summed E-state index contributed by atoms with van der Waals surface area (Å²) in [6, 6.07) is 1.98. The first kappa shape index (κ1) is 14.1. The predicted octanol–water partition coefficient (Wildman–Crippen LogP) is 2.96. The zero-order valence-corrected chi connectivity index (χ0v) is 13.1. The van der Waals surface area contributed by atoms with Crippen molar-refractivity contribution in [3.8, 4) is 0 Å². The standard InChI is InChI=1S/C12H16ClNO3S2/c1-15-4-2-3-14-8-12(16-5-6-17-12)9-7-10(13)18-11(9)19-14/h7H,2-6,8H2,1H3. The molecule has 1 spiro atoms. The molecule has 1 saturated heterocycles. The van der Waals surface area contributed by atoms with Gasteiger partial charge in [0.1, 0.15) is 0 Å². The lowest BCUT2D eigenvalue weighted by atomic mass is 10.1. The fourth-order valence-electron chi connectivity index (χ4n) is 2.36. The quantitative estimate of drug-likeness (QED) is 0.628. The van der Waals surface area contributed by atoms with Gasteiger partial charge >= 0.3 is 0 Å². The van der Waals surface area contributed by atoms with Crippen LogP contribution in [0.15, 0.2) is 10.3 Å². The fourth-order valence-corrected chi connectivity index (χ4v) is 5.25. The van der Waals surface area contributed by atoms with E-state index in [1.54, 1.807) is 30.4 Å². The van der Waals surface area contributed by atoms with E-state index in [-0.39, 0.29) is 0 Å². The number of hydrogen-bond donors (Lipinski definition) is 0. The summed E-state index contributed by atoms with van der Waals surface area (Å²) >= 11 is 9.47. The molecule has 2 aliphatic rings. The van der Waals surface area contributed by atoms with Crippen LogP contribution in [0.1, 0.15) is 12.0 Å². The SMILES string of the molecule is COCCCN1CC2(OCCO2)c2cc(Cl)sc2S1. The van der Waals surface area contributed by atoms with E-state index in [1.807, 2.05) is 6.07 Å². The summed E-state index contributed by atoms with van der Waals surface area (Å²) in [6.45, 7) is 3.74. The van der Waals surface area contributed by atoms with E-state index < -0.39 is 5.79 Å². The van der Waals surface area contributed by atoms with Crippen molar-refractivity contribution in [2.24, 2.45) is 0 Å². The van der Waals surface area contributed by atoms with Gasteiger partial charge in [-0.05, 0) is 24.4 Å². The highest BCUT2D eigenvalue weighted by atomic mass is 35.5. The van der Waals surface area contributed by atoms with Crippen LogP contribution in [-0.2, 0) is 20.0 Å². The molecule has 0 aliphatic carbocycles. The summed E-state index contributed by atoms with van der Waals surface area (Å²) in [5.74, 6) is -0.614. The molecule has 0 saturated carbocycles. The summed E-state index contributed by atoms with van der Waals surface area (Å²) < 4.78 is 21.1. The van der Waals surface area contributed by atoms with E-state index in [9.17, 15) is 0 Å². The number of ether oxygens (including phenoxy) is 3. The number of fused-ring (bicyclic) bond motifs is 2. The van der Waals surface area contributed by atoms with Gasteiger partial charge in [0, 0.05) is 25.8 Å². The largest absolute Gasteiger partial charge is 0.385 e. The van der Waals surface area contributed by atoms with Crippen LogP contribution in [0.5, 0.6) is 0 Å². The van der Waals surface area contributed by atoms with E-state index in [2.05, 4.69) is 4.31 Å². The molecule has 1 fully saturated rings. The Morgan fingerprint density at radius 2 is 2.26 bits per heavy atom. The van der Waals surface area contributed by atoms with Gasteiger partial charge in [-0.25, -0.2) is 4.31 Å². The van der Waals surface area contributed by atoms with Crippen molar-refractivity contribution in [3.05, 3.63) is 16.0 Å². The second kappa shape index (κ2) is 5.89. The summed E-state index contributed by atoms with van der Waals surface area (Å²) in [5, 5.41) is 0. The van der Waals surface area contributed by atoms with E-state index in [0.717, 1.165) is 36.0 Å². The zero-order chi connectivity index (χ0) is 13.3. The molecule has 0 unspecified atom stereocenters. The van der Waals surface area contributed by atoms with Crippen LogP contribution in [0.25, 0.3) is 0 Å². The Hall–Kier alpha value is 0.180. The first-order chi connectivity index (χ1) is 9.23. The molecule has 0 bridgehead atoms. The first-order valence-electron chi connectivity index (χ1n) is 6.23. The topological polar surface area (TPSA) is 30.9 Å². The molecule has 7 heteroatoms. The van der Waals surface area contributed by atoms with Gasteiger partial charge in [-0.2, -0.15) is 0 Å². The van der Waals surface area contributed by atoms with E-state index >= 15 is 0 Å². The molecule has 0 N–H and O–H groups in total. The summed E-state index contributed by atoms with van der Waals surface area (Å²) in [4.78, 5) is 0. The summed E-state index contributed by atoms with van der Waals surface area (Å²) in [7, 11) is 1.73. The lowest BCUT2D eigenvalue weighted by Gasteiger charge is -2.37. The van der Waals surface area contributed by atoms with Gasteiger partial charge in [0.05, 0.1) is 28.3 Å². The Morgan fingerprint density at radius 3 is 3.00 bits per heavy atom. The minimum atomic E-state index is -0.614. The molecule has 0 amide bonds. The van der Waals surface area contributed by atoms with Gasteiger partial charge in [0.25, 0.3) is 0 Å². The molecule has 0 radical (unpaired) electrons. The van der Waals surface area contributed by atoms with Gasteiger partial charge in [-0.15, -0.1) is 11.3 Å². The van der Waals surface area contributed by atoms with Crippen molar-refractivity contribution in [2.75, 3.05) is 40.0 Å². The highest BCUT2D eigenvalue weighted by molar-refractivity contribution is 7.99. The minimum Gasteiger partial charge on any atom is -0.385 e. The Balaban J connectivity index is 1.80. The van der Waals surface area contributed by atoms with E-state index in [0.29, 0.717) is 13.2 Å². The minimum absolute atomic E-state index is 0.614. The van der Waals surface area contributed by atoms with Crippen molar-refractivity contribution in [1.29, 1.82) is 0 Å². The monoisotopic (exact) mass is 321 g/mol. The third-order valence-corrected chi connectivity index (χ3v) is 5.67. The third-order valence-electron chi connectivity index (χ3n) is 3.18. The van der Waals surface area contributed by atoms with Gasteiger partial charge < -0.3 is 14.2 Å². The smallest absolute Gasteiger partial charge is 0.211 e. The zero-order valence-electron chi connectivity index (χ0n) is 10.7. The van der Waals surface area contributed by atoms with Crippen LogP contribution in [0.3, 0.4) is 0 Å². The Bertz CT molecular complexity index is 448. The van der Waals surface area contributed by atoms with Crippen LogP contribution in [0.4, 0.5) is 0 Å². The predicted molar refractivity (Wildman–Crippen MR) is 76.8 cm³/mol. The molecule has 4 nitrogen and oxygen atoms in total. The lowest BCUT2D eigenvalue weighted by Crippen LogP contribution is -2.42. The normalized spacial score (nSPS) is 22.0. The number of halogens is 1. The Labute approximate surface area is 126 Å². The van der Waals surface area contributed by atoms with Crippen LogP contribution < -0.4 is 0 Å². The lowest BCUT2D eigenvalue weighted by molar-refractivity contribution is -0.174. The Kier molecular flexibility index (Phi) is 4.38. The Morgan fingerprint density at radius 1 is 1.47 bits per heavy atom. The van der Waals surface area contributed by atoms with Crippen LogP contribution in [-0.4, -0.2) is 44.3 Å². The summed E-state index contributed by atoms with van der Waals surface area (Å²) in [5.41, 5.74) is 1.09. The first-order valence-corrected chi connectivity index (χ1v) is 8.20. The molecule has 0 atom stereocenters. The van der Waals surface area contributed by atoms with Crippen molar-refractivity contribution in [1.82, 2.24) is 4.31 Å². The molecule has 1 aromatic heterocycles. The van der Waals surface area contributed by atoms with Gasteiger partial charge in [-0.1, -0.05) is 11.6 Å². The van der Waals surface area contributed by atoms with E-state index in [1.165, 1.54) is 4.21 Å². The van der Waals surface area contributed by atoms with Crippen LogP contribution >= 0.6 is 34.9 Å². The number of nitrogens with zero attached hydrogens (tertiary/aromatic N) is 1. The average Bonchev–Trinajstić information content (AvgIpc) is 2.97. The highest BCUT2D eigenvalue weighted by Crippen LogP contribution is 2.49. The van der Waals surface area contributed by atoms with Gasteiger partial charge in [-0.3, -0.25) is 0 Å². The van der Waals surface area contributed by atoms with Crippen molar-refractivity contribution in [3.63, 3.8) is 0 Å². The van der Waals surface area contributed by atoms with Crippen molar-refractivity contribution >= 4 is 34.9 Å². The van der Waals surface area contributed by atoms with Crippen LogP contribution in [0.2, 0.25) is 4.34 Å². The van der Waals surface area contributed by atoms with Crippen molar-refractivity contribution in [2.45, 2.75) is 16.4 Å². The molecule has 3 heterocycles. The number of thiophene rings is 1. The van der Waals surface area contributed by atoms with Gasteiger partial charge in [0.2, 0.25) is 5.79 Å². The molecule has 106 valence electrons.